The lowest BCUT2D eigenvalue weighted by molar-refractivity contribution is 0.556. The Morgan fingerprint density at radius 1 is 0.442 bits per heavy atom. The minimum Gasteiger partial charge on any atom is -0.206 e. The first-order valence-electron chi connectivity index (χ1n) is 20.3. The molecule has 5 aromatic rings. The van der Waals surface area contributed by atoms with Crippen LogP contribution in [0, 0.1) is 11.6 Å². The molecule has 5 rings (SSSR count). The Labute approximate surface area is 337 Å². The van der Waals surface area contributed by atoms with Crippen molar-refractivity contribution in [1.82, 2.24) is 0 Å². The van der Waals surface area contributed by atoms with E-state index in [0.717, 1.165) is 51.7 Å². The van der Waals surface area contributed by atoms with E-state index in [4.69, 9.17) is 0 Å². The Kier molecular flexibility index (Phi) is 17.6. The molecule has 282 valence electrons. The third-order valence-corrected chi connectivity index (χ3v) is 15.1. The standard InChI is InChI=1S/C46H58Br2F2S2/c1-3-5-7-9-11-13-15-17-19-21-23-33-25-27-35-41(29-33)51-45(43(35)47)37-31-40(50)38(32-39(37)49)46-44(48)36-28-26-34(30-42(36)52-46)24-22-20-18-16-14-12-10-8-6-4-2/h25-32H,3-24H2,1-2H3. The fourth-order valence-electron chi connectivity index (χ4n) is 7.40. The molecule has 0 radical (unpaired) electrons. The van der Waals surface area contributed by atoms with E-state index in [1.54, 1.807) is 0 Å². The van der Waals surface area contributed by atoms with E-state index in [0.29, 0.717) is 11.1 Å². The molecule has 0 bridgehead atoms. The van der Waals surface area contributed by atoms with E-state index in [2.05, 4.69) is 82.1 Å². The number of halogens is 4. The SMILES string of the molecule is CCCCCCCCCCCCc1ccc2c(Br)c(-c3cc(F)c(-c4sc5cc(CCCCCCCCCCCC)ccc5c4Br)cc3F)sc2c1. The van der Waals surface area contributed by atoms with Gasteiger partial charge in [-0.3, -0.25) is 0 Å². The van der Waals surface area contributed by atoms with Gasteiger partial charge >= 0.3 is 0 Å². The average molecular weight is 873 g/mol. The van der Waals surface area contributed by atoms with Crippen molar-refractivity contribution in [2.45, 2.75) is 155 Å². The molecule has 0 saturated heterocycles. The summed E-state index contributed by atoms with van der Waals surface area (Å²) in [5, 5.41) is 2.10. The van der Waals surface area contributed by atoms with E-state index >= 15 is 8.78 Å². The smallest absolute Gasteiger partial charge is 0.132 e. The highest BCUT2D eigenvalue weighted by atomic mass is 79.9. The Hall–Kier alpha value is -1.60. The van der Waals surface area contributed by atoms with Gasteiger partial charge in [0.25, 0.3) is 0 Å². The summed E-state index contributed by atoms with van der Waals surface area (Å²) in [6.45, 7) is 4.54. The van der Waals surface area contributed by atoms with Gasteiger partial charge in [0.1, 0.15) is 11.6 Å². The van der Waals surface area contributed by atoms with Crippen LogP contribution in [0.2, 0.25) is 0 Å². The Morgan fingerprint density at radius 3 is 1.12 bits per heavy atom. The number of rotatable bonds is 24. The zero-order valence-electron chi connectivity index (χ0n) is 31.5. The first kappa shape index (κ1) is 41.6. The van der Waals surface area contributed by atoms with Crippen LogP contribution in [0.15, 0.2) is 57.5 Å². The highest BCUT2D eigenvalue weighted by Crippen LogP contribution is 2.47. The Morgan fingerprint density at radius 2 is 0.769 bits per heavy atom. The lowest BCUT2D eigenvalue weighted by Crippen LogP contribution is -1.90. The van der Waals surface area contributed by atoms with Crippen molar-refractivity contribution in [1.29, 1.82) is 0 Å². The zero-order valence-corrected chi connectivity index (χ0v) is 36.3. The summed E-state index contributed by atoms with van der Waals surface area (Å²) in [5.74, 6) is -0.805. The average Bonchev–Trinajstić information content (AvgIpc) is 3.65. The lowest BCUT2D eigenvalue weighted by atomic mass is 10.0. The maximum Gasteiger partial charge on any atom is 0.132 e. The fraction of sp³-hybridized carbons (Fsp3) is 0.522. The van der Waals surface area contributed by atoms with Crippen molar-refractivity contribution in [3.8, 4) is 20.9 Å². The van der Waals surface area contributed by atoms with Gasteiger partial charge in [0.2, 0.25) is 0 Å². The van der Waals surface area contributed by atoms with E-state index in [1.807, 2.05) is 0 Å². The molecule has 0 nitrogen and oxygen atoms in total. The van der Waals surface area contributed by atoms with Gasteiger partial charge in [0, 0.05) is 40.2 Å². The Bertz CT molecular complexity index is 1700. The van der Waals surface area contributed by atoms with Gasteiger partial charge in [-0.05, 0) is 92.9 Å². The molecule has 0 aliphatic rings. The molecule has 3 aromatic carbocycles. The van der Waals surface area contributed by atoms with Crippen molar-refractivity contribution in [3.05, 3.63) is 80.2 Å². The second-order valence-electron chi connectivity index (χ2n) is 14.8. The molecular weight excluding hydrogens is 814 g/mol. The van der Waals surface area contributed by atoms with Crippen LogP contribution in [-0.2, 0) is 12.8 Å². The predicted molar refractivity (Wildman–Crippen MR) is 234 cm³/mol. The van der Waals surface area contributed by atoms with Gasteiger partial charge in [-0.15, -0.1) is 22.7 Å². The topological polar surface area (TPSA) is 0 Å². The van der Waals surface area contributed by atoms with Crippen LogP contribution in [-0.4, -0.2) is 0 Å². The van der Waals surface area contributed by atoms with Crippen molar-refractivity contribution in [2.75, 3.05) is 0 Å². The zero-order chi connectivity index (χ0) is 36.7. The number of hydrogen-bond acceptors (Lipinski definition) is 2. The molecular formula is C46H58Br2F2S2. The molecule has 0 atom stereocenters. The van der Waals surface area contributed by atoms with Crippen LogP contribution in [0.1, 0.15) is 153 Å². The Balaban J connectivity index is 1.18. The van der Waals surface area contributed by atoms with Crippen LogP contribution in [0.3, 0.4) is 0 Å². The van der Waals surface area contributed by atoms with E-state index in [9.17, 15) is 0 Å². The second-order valence-corrected chi connectivity index (χ2v) is 18.5. The molecule has 2 heterocycles. The molecule has 0 saturated carbocycles. The van der Waals surface area contributed by atoms with E-state index in [-0.39, 0.29) is 0 Å². The van der Waals surface area contributed by atoms with Gasteiger partial charge < -0.3 is 0 Å². The molecule has 0 amide bonds. The lowest BCUT2D eigenvalue weighted by Gasteiger charge is -2.07. The van der Waals surface area contributed by atoms with Crippen molar-refractivity contribution in [3.63, 3.8) is 0 Å². The first-order chi connectivity index (χ1) is 25.4. The number of hydrogen-bond donors (Lipinski definition) is 0. The number of thiophene rings is 2. The number of fused-ring (bicyclic) bond motifs is 2. The summed E-state index contributed by atoms with van der Waals surface area (Å²) < 4.78 is 35.8. The molecule has 0 aliphatic heterocycles. The number of unbranched alkanes of at least 4 members (excludes halogenated alkanes) is 18. The molecule has 0 spiro atoms. The highest BCUT2D eigenvalue weighted by molar-refractivity contribution is 9.11. The minimum atomic E-state index is -0.403. The van der Waals surface area contributed by atoms with E-state index in [1.165, 1.54) is 174 Å². The van der Waals surface area contributed by atoms with Gasteiger partial charge in [0.05, 0.1) is 9.75 Å². The molecule has 0 N–H and O–H groups in total. The largest absolute Gasteiger partial charge is 0.206 e. The van der Waals surface area contributed by atoms with Crippen LogP contribution in [0.5, 0.6) is 0 Å². The monoisotopic (exact) mass is 870 g/mol. The highest BCUT2D eigenvalue weighted by Gasteiger charge is 2.22. The summed E-state index contributed by atoms with van der Waals surface area (Å²) in [7, 11) is 0. The first-order valence-corrected chi connectivity index (χ1v) is 23.5. The summed E-state index contributed by atoms with van der Waals surface area (Å²) in [4.78, 5) is 1.47. The summed E-state index contributed by atoms with van der Waals surface area (Å²) >= 11 is 10.6. The normalized spacial score (nSPS) is 11.8. The quantitative estimate of drug-likeness (QED) is 0.0542. The third-order valence-electron chi connectivity index (χ3n) is 10.6. The van der Waals surface area contributed by atoms with Gasteiger partial charge in [0.15, 0.2) is 0 Å². The number of benzene rings is 3. The minimum absolute atomic E-state index is 0.307. The van der Waals surface area contributed by atoms with Crippen LogP contribution < -0.4 is 0 Å². The van der Waals surface area contributed by atoms with Crippen molar-refractivity contribution in [2.24, 2.45) is 0 Å². The summed E-state index contributed by atoms with van der Waals surface area (Å²) in [6.07, 6.45) is 28.7. The summed E-state index contributed by atoms with van der Waals surface area (Å²) in [6, 6.07) is 15.9. The molecule has 0 fully saturated rings. The summed E-state index contributed by atoms with van der Waals surface area (Å²) in [5.41, 5.74) is 3.24. The molecule has 52 heavy (non-hydrogen) atoms. The van der Waals surface area contributed by atoms with Gasteiger partial charge in [-0.2, -0.15) is 0 Å². The molecule has 0 unspecified atom stereocenters. The van der Waals surface area contributed by atoms with Crippen molar-refractivity contribution < 1.29 is 8.78 Å². The van der Waals surface area contributed by atoms with Gasteiger partial charge in [-0.25, -0.2) is 8.78 Å². The molecule has 6 heteroatoms. The van der Waals surface area contributed by atoms with Crippen molar-refractivity contribution >= 4 is 74.7 Å². The third kappa shape index (κ3) is 11.7. The number of aryl methyl sites for hydroxylation is 2. The van der Waals surface area contributed by atoms with E-state index < -0.39 is 11.6 Å². The van der Waals surface area contributed by atoms with Crippen LogP contribution in [0.4, 0.5) is 8.78 Å². The maximum absolute atomic E-state index is 15.9. The van der Waals surface area contributed by atoms with Crippen LogP contribution >= 0.6 is 54.5 Å². The fourth-order valence-corrected chi connectivity index (χ4v) is 11.6. The van der Waals surface area contributed by atoms with Gasteiger partial charge in [-0.1, -0.05) is 154 Å². The van der Waals surface area contributed by atoms with Crippen LogP contribution in [0.25, 0.3) is 41.1 Å². The molecule has 2 aromatic heterocycles. The maximum atomic E-state index is 15.9. The second kappa shape index (κ2) is 22.1. The predicted octanol–water partition coefficient (Wildman–Crippen LogP) is 18.2. The molecule has 0 aliphatic carbocycles.